The molecule has 17 heavy (non-hydrogen) atoms. The first-order valence-corrected chi connectivity index (χ1v) is 5.00. The first kappa shape index (κ1) is 11.1. The quantitative estimate of drug-likeness (QED) is 0.607. The molecule has 2 rings (SSSR count). The Morgan fingerprint density at radius 3 is 2.59 bits per heavy atom. The van der Waals surface area contributed by atoms with E-state index in [0.29, 0.717) is 5.71 Å². The molecule has 1 amide bonds. The molecule has 5 nitrogen and oxygen atoms in total. The van der Waals surface area contributed by atoms with Gasteiger partial charge >= 0.3 is 0 Å². The predicted molar refractivity (Wildman–Crippen MR) is 61.7 cm³/mol. The summed E-state index contributed by atoms with van der Waals surface area (Å²) >= 11 is 0. The second kappa shape index (κ2) is 4.63. The van der Waals surface area contributed by atoms with E-state index in [2.05, 4.69) is 4.99 Å². The number of allylic oxidation sites excluding steroid dienone is 2. The molecule has 0 aliphatic carbocycles. The van der Waals surface area contributed by atoms with E-state index in [1.54, 1.807) is 24.6 Å². The Kier molecular flexibility index (Phi) is 3.02. The van der Waals surface area contributed by atoms with E-state index in [4.69, 9.17) is 0 Å². The summed E-state index contributed by atoms with van der Waals surface area (Å²) in [6, 6.07) is 4.18. The van der Waals surface area contributed by atoms with Crippen molar-refractivity contribution in [3.05, 3.63) is 48.3 Å². The Morgan fingerprint density at radius 1 is 1.18 bits per heavy atom. The number of hydrogen-bond acceptors (Lipinski definition) is 3. The standard InChI is InChI=1S/C12H10N2O3/c15-10-3-1-2-9(11(10)16)12(17)14-8-4-6-13-7-5-8/h1-7,15-16H,(H,13,14,17)/p+1. The number of amides is 1. The van der Waals surface area contributed by atoms with Gasteiger partial charge in [-0.1, -0.05) is 6.07 Å². The number of nitrogens with zero attached hydrogens (tertiary/aromatic N) is 1. The van der Waals surface area contributed by atoms with Crippen LogP contribution in [0.5, 0.6) is 11.5 Å². The second-order valence-electron chi connectivity index (χ2n) is 3.43. The molecule has 0 bridgehead atoms. The van der Waals surface area contributed by atoms with Crippen LogP contribution in [0.2, 0.25) is 0 Å². The molecule has 0 atom stereocenters. The van der Waals surface area contributed by atoms with Crippen LogP contribution in [0.25, 0.3) is 0 Å². The van der Waals surface area contributed by atoms with E-state index in [1.807, 2.05) is 5.32 Å². The van der Waals surface area contributed by atoms with Crippen molar-refractivity contribution in [2.45, 2.75) is 0 Å². The third-order valence-corrected chi connectivity index (χ3v) is 2.23. The minimum atomic E-state index is -0.593. The van der Waals surface area contributed by atoms with Gasteiger partial charge in [0.15, 0.2) is 11.5 Å². The number of quaternary nitrogens is 1. The lowest BCUT2D eigenvalue weighted by Gasteiger charge is -2.02. The van der Waals surface area contributed by atoms with Crippen LogP contribution in [0.3, 0.4) is 0 Å². The Hall–Kier alpha value is -2.40. The monoisotopic (exact) mass is 231 g/mol. The van der Waals surface area contributed by atoms with Crippen molar-refractivity contribution in [3.8, 4) is 11.5 Å². The van der Waals surface area contributed by atoms with Crippen molar-refractivity contribution in [1.82, 2.24) is 0 Å². The van der Waals surface area contributed by atoms with Gasteiger partial charge in [0.2, 0.25) is 0 Å². The maximum atomic E-state index is 11.7. The summed E-state index contributed by atoms with van der Waals surface area (Å²) < 4.78 is 0. The number of carbonyl (C=O) groups is 1. The maximum absolute atomic E-state index is 11.7. The van der Waals surface area contributed by atoms with Gasteiger partial charge in [-0.05, 0) is 12.1 Å². The van der Waals surface area contributed by atoms with Crippen LogP contribution in [0.15, 0.2) is 47.7 Å². The average Bonchev–Trinajstić information content (AvgIpc) is 2.34. The zero-order chi connectivity index (χ0) is 12.3. The lowest BCUT2D eigenvalue weighted by Crippen LogP contribution is -2.71. The Balaban J connectivity index is 2.32. The molecule has 0 saturated heterocycles. The minimum absolute atomic E-state index is 0.0196. The fraction of sp³-hybridized carbons (Fsp3) is 0. The first-order valence-electron chi connectivity index (χ1n) is 5.00. The zero-order valence-corrected chi connectivity index (χ0v) is 8.87. The average molecular weight is 231 g/mol. The molecule has 1 aliphatic heterocycles. The largest absolute Gasteiger partial charge is 0.504 e. The molecule has 5 heteroatoms. The number of aliphatic imine (C=N–C) groups is 1. The van der Waals surface area contributed by atoms with E-state index >= 15 is 0 Å². The summed E-state index contributed by atoms with van der Waals surface area (Å²) in [5.74, 6) is -1.37. The lowest BCUT2D eigenvalue weighted by atomic mass is 10.1. The molecule has 1 aromatic rings. The van der Waals surface area contributed by atoms with Crippen molar-refractivity contribution >= 4 is 11.6 Å². The number of para-hydroxylation sites is 1. The molecule has 0 spiro atoms. The van der Waals surface area contributed by atoms with Gasteiger partial charge in [0.05, 0.1) is 23.7 Å². The molecule has 1 heterocycles. The molecular formula is C12H11N2O3+. The Labute approximate surface area is 97.4 Å². The molecule has 86 valence electrons. The summed E-state index contributed by atoms with van der Waals surface area (Å²) in [4.78, 5) is 15.6. The molecular weight excluding hydrogens is 220 g/mol. The Morgan fingerprint density at radius 2 is 1.88 bits per heavy atom. The number of aromatic hydroxyl groups is 2. The second-order valence-corrected chi connectivity index (χ2v) is 3.43. The highest BCUT2D eigenvalue weighted by molar-refractivity contribution is 6.13. The van der Waals surface area contributed by atoms with Gasteiger partial charge in [-0.3, -0.25) is 10.1 Å². The molecule has 1 aliphatic rings. The van der Waals surface area contributed by atoms with E-state index < -0.39 is 11.7 Å². The molecule has 4 N–H and O–H groups in total. The molecule has 0 saturated carbocycles. The first-order chi connectivity index (χ1) is 8.18. The van der Waals surface area contributed by atoms with Gasteiger partial charge in [-0.2, -0.15) is 0 Å². The lowest BCUT2D eigenvalue weighted by molar-refractivity contribution is -0.514. The maximum Gasteiger partial charge on any atom is 0.281 e. The number of hydrogen-bond donors (Lipinski definition) is 3. The fourth-order valence-corrected chi connectivity index (χ4v) is 1.38. The molecule has 0 aromatic heterocycles. The van der Waals surface area contributed by atoms with Crippen molar-refractivity contribution in [2.24, 2.45) is 4.99 Å². The zero-order valence-electron chi connectivity index (χ0n) is 8.87. The number of rotatable bonds is 1. The third kappa shape index (κ3) is 2.40. The van der Waals surface area contributed by atoms with Crippen LogP contribution < -0.4 is 5.32 Å². The molecule has 1 aromatic carbocycles. The van der Waals surface area contributed by atoms with Gasteiger partial charge < -0.3 is 10.2 Å². The summed E-state index contributed by atoms with van der Waals surface area (Å²) in [6.07, 6.45) is 6.87. The summed E-state index contributed by atoms with van der Waals surface area (Å²) in [5.41, 5.74) is 0.481. The van der Waals surface area contributed by atoms with E-state index in [1.165, 1.54) is 18.2 Å². The summed E-state index contributed by atoms with van der Waals surface area (Å²) in [5, 5.41) is 20.6. The number of carbonyl (C=O) groups excluding carboxylic acids is 1. The molecule has 0 radical (unpaired) electrons. The minimum Gasteiger partial charge on any atom is -0.504 e. The van der Waals surface area contributed by atoms with Gasteiger partial charge in [0, 0.05) is 12.2 Å². The smallest absolute Gasteiger partial charge is 0.281 e. The number of nitrogens with two attached hydrogens (primary N) is 1. The van der Waals surface area contributed by atoms with E-state index in [0.717, 1.165) is 0 Å². The van der Waals surface area contributed by atoms with Crippen LogP contribution in [0.1, 0.15) is 10.4 Å². The Bertz CT molecular complexity index is 531. The highest BCUT2D eigenvalue weighted by atomic mass is 16.3. The molecule has 0 fully saturated rings. The highest BCUT2D eigenvalue weighted by Gasteiger charge is 2.13. The summed E-state index contributed by atoms with van der Waals surface area (Å²) in [6.45, 7) is 0. The van der Waals surface area contributed by atoms with Crippen LogP contribution >= 0.6 is 0 Å². The highest BCUT2D eigenvalue weighted by Crippen LogP contribution is 2.28. The van der Waals surface area contributed by atoms with E-state index in [9.17, 15) is 15.0 Å². The number of phenols is 2. The topological polar surface area (TPSA) is 86.5 Å². The normalized spacial score (nSPS) is 13.8. The van der Waals surface area contributed by atoms with Crippen molar-refractivity contribution < 1.29 is 20.3 Å². The van der Waals surface area contributed by atoms with Gasteiger partial charge in [0.25, 0.3) is 5.91 Å². The van der Waals surface area contributed by atoms with Gasteiger partial charge in [-0.25, -0.2) is 4.99 Å². The fourth-order valence-electron chi connectivity index (χ4n) is 1.38. The summed E-state index contributed by atoms with van der Waals surface area (Å²) in [7, 11) is 0. The van der Waals surface area contributed by atoms with Crippen LogP contribution in [-0.2, 0) is 0 Å². The third-order valence-electron chi connectivity index (χ3n) is 2.23. The van der Waals surface area contributed by atoms with E-state index in [-0.39, 0.29) is 11.3 Å². The SMILES string of the molecule is O=C(N=C1C=C[NH2+]C=C1)c1cccc(O)c1O. The number of phenolic OH excluding ortho intramolecular Hbond substituents is 2. The number of benzene rings is 1. The van der Waals surface area contributed by atoms with Crippen LogP contribution in [0, 0.1) is 0 Å². The van der Waals surface area contributed by atoms with Crippen molar-refractivity contribution in [2.75, 3.05) is 0 Å². The van der Waals surface area contributed by atoms with Crippen LogP contribution in [0.4, 0.5) is 0 Å². The van der Waals surface area contributed by atoms with Crippen molar-refractivity contribution in [3.63, 3.8) is 0 Å². The van der Waals surface area contributed by atoms with Crippen molar-refractivity contribution in [1.29, 1.82) is 0 Å². The molecule has 0 unspecified atom stereocenters. The van der Waals surface area contributed by atoms with Gasteiger partial charge in [-0.15, -0.1) is 0 Å². The van der Waals surface area contributed by atoms with Crippen LogP contribution in [-0.4, -0.2) is 21.8 Å². The van der Waals surface area contributed by atoms with Gasteiger partial charge in [0.1, 0.15) is 0 Å². The predicted octanol–water partition coefficient (Wildman–Crippen LogP) is 0.283.